The first-order chi connectivity index (χ1) is 6.40. The van der Waals surface area contributed by atoms with Crippen molar-refractivity contribution >= 4 is 25.7 Å². The van der Waals surface area contributed by atoms with Gasteiger partial charge in [0.1, 0.15) is 0 Å². The van der Waals surface area contributed by atoms with Crippen LogP contribution in [0.15, 0.2) is 24.3 Å². The zero-order valence-corrected chi connectivity index (χ0v) is 8.55. The van der Waals surface area contributed by atoms with Crippen molar-refractivity contribution in [2.45, 2.75) is 5.75 Å². The summed E-state index contributed by atoms with van der Waals surface area (Å²) in [5, 5.41) is 8.72. The van der Waals surface area contributed by atoms with Crippen molar-refractivity contribution in [1.82, 2.24) is 0 Å². The summed E-state index contributed by atoms with van der Waals surface area (Å²) in [6, 6.07) is 5.83. The Kier molecular flexibility index (Phi) is 3.13. The van der Waals surface area contributed by atoms with Crippen LogP contribution in [-0.2, 0) is 14.8 Å². The minimum Gasteiger partial charge on any atom is -0.478 e. The fraction of sp³-hybridized carbons (Fsp3) is 0.125. The maximum Gasteiger partial charge on any atom is 0.335 e. The second-order valence-corrected chi connectivity index (χ2v) is 5.42. The predicted octanol–water partition coefficient (Wildman–Crippen LogP) is 1.45. The second kappa shape index (κ2) is 3.98. The van der Waals surface area contributed by atoms with Crippen molar-refractivity contribution in [2.75, 3.05) is 0 Å². The molecular weight excluding hydrogens is 228 g/mol. The molecule has 0 spiro atoms. The summed E-state index contributed by atoms with van der Waals surface area (Å²) in [7, 11) is 1.30. The topological polar surface area (TPSA) is 71.4 Å². The Morgan fingerprint density at radius 1 is 1.36 bits per heavy atom. The van der Waals surface area contributed by atoms with E-state index in [-0.39, 0.29) is 11.1 Å². The van der Waals surface area contributed by atoms with Gasteiger partial charge < -0.3 is 5.11 Å². The van der Waals surface area contributed by atoms with E-state index in [1.165, 1.54) is 18.2 Å². The van der Waals surface area contributed by atoms with Gasteiger partial charge in [0.15, 0.2) is 0 Å². The summed E-state index contributed by atoms with van der Waals surface area (Å²) >= 11 is 0. The first kappa shape index (κ1) is 11.0. The molecule has 1 rings (SSSR count). The summed E-state index contributed by atoms with van der Waals surface area (Å²) in [6.07, 6.45) is 0. The molecular formula is C8H7ClO4S. The Morgan fingerprint density at radius 2 is 1.93 bits per heavy atom. The standard InChI is InChI=1S/C8H7ClO4S/c9-14(12,13)5-6-3-1-2-4-7(6)8(10)11/h1-4H,5H2,(H,10,11). The Bertz CT molecular complexity index is 452. The maximum atomic E-state index is 10.7. The van der Waals surface area contributed by atoms with Crippen LogP contribution in [0.5, 0.6) is 0 Å². The summed E-state index contributed by atoms with van der Waals surface area (Å²) < 4.78 is 21.5. The van der Waals surface area contributed by atoms with Gasteiger partial charge >= 0.3 is 5.97 Å². The van der Waals surface area contributed by atoms with Gasteiger partial charge in [0, 0.05) is 10.7 Å². The van der Waals surface area contributed by atoms with E-state index in [4.69, 9.17) is 15.8 Å². The highest BCUT2D eigenvalue weighted by Crippen LogP contribution is 2.14. The van der Waals surface area contributed by atoms with E-state index in [1.54, 1.807) is 6.07 Å². The predicted molar refractivity (Wildman–Crippen MR) is 51.9 cm³/mol. The van der Waals surface area contributed by atoms with Crippen LogP contribution in [0.3, 0.4) is 0 Å². The molecule has 0 aliphatic rings. The zero-order chi connectivity index (χ0) is 10.8. The molecule has 0 bridgehead atoms. The molecule has 76 valence electrons. The highest BCUT2D eigenvalue weighted by Gasteiger charge is 2.14. The van der Waals surface area contributed by atoms with Crippen molar-refractivity contribution < 1.29 is 18.3 Å². The summed E-state index contributed by atoms with van der Waals surface area (Å²) in [5.41, 5.74) is 0.145. The van der Waals surface area contributed by atoms with E-state index < -0.39 is 20.8 Å². The van der Waals surface area contributed by atoms with Gasteiger partial charge in [-0.05, 0) is 11.6 Å². The van der Waals surface area contributed by atoms with Gasteiger partial charge in [-0.2, -0.15) is 0 Å². The molecule has 0 unspecified atom stereocenters. The molecule has 1 aromatic carbocycles. The summed E-state index contributed by atoms with van der Waals surface area (Å²) in [6.45, 7) is 0. The van der Waals surface area contributed by atoms with E-state index in [0.29, 0.717) is 0 Å². The summed E-state index contributed by atoms with van der Waals surface area (Å²) in [4.78, 5) is 10.7. The molecule has 1 aromatic rings. The fourth-order valence-electron chi connectivity index (χ4n) is 1.04. The second-order valence-electron chi connectivity index (χ2n) is 2.65. The molecule has 0 radical (unpaired) electrons. The smallest absolute Gasteiger partial charge is 0.335 e. The van der Waals surface area contributed by atoms with Gasteiger partial charge in [-0.15, -0.1) is 0 Å². The van der Waals surface area contributed by atoms with Crippen LogP contribution in [0.2, 0.25) is 0 Å². The fourth-order valence-corrected chi connectivity index (χ4v) is 2.02. The lowest BCUT2D eigenvalue weighted by molar-refractivity contribution is 0.0696. The number of benzene rings is 1. The van der Waals surface area contributed by atoms with E-state index in [9.17, 15) is 13.2 Å². The van der Waals surface area contributed by atoms with Crippen LogP contribution in [-0.4, -0.2) is 19.5 Å². The van der Waals surface area contributed by atoms with Gasteiger partial charge in [-0.1, -0.05) is 18.2 Å². The van der Waals surface area contributed by atoms with E-state index in [2.05, 4.69) is 0 Å². The highest BCUT2D eigenvalue weighted by atomic mass is 35.7. The molecule has 0 saturated carbocycles. The van der Waals surface area contributed by atoms with E-state index in [0.717, 1.165) is 0 Å². The van der Waals surface area contributed by atoms with Gasteiger partial charge in [0.2, 0.25) is 9.05 Å². The molecule has 0 amide bonds. The van der Waals surface area contributed by atoms with Gasteiger partial charge in [0.05, 0.1) is 11.3 Å². The molecule has 0 aromatic heterocycles. The largest absolute Gasteiger partial charge is 0.478 e. The highest BCUT2D eigenvalue weighted by molar-refractivity contribution is 8.13. The number of carboxylic acids is 1. The molecule has 0 heterocycles. The maximum absolute atomic E-state index is 10.7. The third-order valence-corrected chi connectivity index (χ3v) is 2.56. The number of carboxylic acid groups (broad SMARTS) is 1. The first-order valence-corrected chi connectivity index (χ1v) is 6.11. The Morgan fingerprint density at radius 3 is 2.43 bits per heavy atom. The van der Waals surface area contributed by atoms with Crippen molar-refractivity contribution in [3.63, 3.8) is 0 Å². The van der Waals surface area contributed by atoms with Crippen LogP contribution in [0.25, 0.3) is 0 Å². The van der Waals surface area contributed by atoms with Crippen molar-refractivity contribution in [2.24, 2.45) is 0 Å². The Balaban J connectivity index is 3.15. The lowest BCUT2D eigenvalue weighted by Crippen LogP contribution is -2.05. The number of hydrogen-bond donors (Lipinski definition) is 1. The average Bonchev–Trinajstić information content (AvgIpc) is 2.01. The SMILES string of the molecule is O=C(O)c1ccccc1CS(=O)(=O)Cl. The molecule has 0 aliphatic carbocycles. The first-order valence-electron chi connectivity index (χ1n) is 3.63. The average molecular weight is 235 g/mol. The number of carbonyl (C=O) groups is 1. The molecule has 0 saturated heterocycles. The van der Waals surface area contributed by atoms with Crippen LogP contribution < -0.4 is 0 Å². The number of hydrogen-bond acceptors (Lipinski definition) is 3. The third kappa shape index (κ3) is 3.01. The van der Waals surface area contributed by atoms with Gasteiger partial charge in [-0.3, -0.25) is 0 Å². The van der Waals surface area contributed by atoms with Gasteiger partial charge in [0.25, 0.3) is 0 Å². The molecule has 4 nitrogen and oxygen atoms in total. The normalized spacial score (nSPS) is 11.2. The van der Waals surface area contributed by atoms with Crippen LogP contribution in [0.4, 0.5) is 0 Å². The lowest BCUT2D eigenvalue weighted by atomic mass is 10.1. The minimum absolute atomic E-state index is 0.0447. The molecule has 0 aliphatic heterocycles. The number of halogens is 1. The van der Waals surface area contributed by atoms with E-state index in [1.807, 2.05) is 0 Å². The quantitative estimate of drug-likeness (QED) is 0.804. The van der Waals surface area contributed by atoms with Crippen LogP contribution in [0, 0.1) is 0 Å². The monoisotopic (exact) mass is 234 g/mol. The zero-order valence-electron chi connectivity index (χ0n) is 6.97. The lowest BCUT2D eigenvalue weighted by Gasteiger charge is -2.02. The third-order valence-electron chi connectivity index (χ3n) is 1.58. The Hall–Kier alpha value is -1.07. The molecule has 1 N–H and O–H groups in total. The van der Waals surface area contributed by atoms with Crippen molar-refractivity contribution in [3.05, 3.63) is 35.4 Å². The molecule has 0 atom stereocenters. The van der Waals surface area contributed by atoms with Crippen LogP contribution in [0.1, 0.15) is 15.9 Å². The number of rotatable bonds is 3. The molecule has 14 heavy (non-hydrogen) atoms. The molecule has 6 heteroatoms. The number of aromatic carboxylic acids is 1. The minimum atomic E-state index is -3.72. The molecule has 0 fully saturated rings. The van der Waals surface area contributed by atoms with Gasteiger partial charge in [-0.25, -0.2) is 13.2 Å². The van der Waals surface area contributed by atoms with Crippen LogP contribution >= 0.6 is 10.7 Å². The van der Waals surface area contributed by atoms with E-state index >= 15 is 0 Å². The van der Waals surface area contributed by atoms with Crippen molar-refractivity contribution in [1.29, 1.82) is 0 Å². The summed E-state index contributed by atoms with van der Waals surface area (Å²) in [5.74, 6) is -1.64. The van der Waals surface area contributed by atoms with Crippen molar-refractivity contribution in [3.8, 4) is 0 Å². The Labute approximate surface area is 85.5 Å².